The first-order valence-corrected chi connectivity index (χ1v) is 14.6. The molecule has 0 radical (unpaired) electrons. The number of carbonyl (C=O) groups is 1. The number of rotatable bonds is 9. The fraction of sp³-hybridized carbons (Fsp3) is 0.300. The number of nitrogens with zero attached hydrogens (tertiary/aromatic N) is 3. The van der Waals surface area contributed by atoms with Crippen molar-refractivity contribution < 1.29 is 22.3 Å². The Morgan fingerprint density at radius 3 is 2.54 bits per heavy atom. The third-order valence-corrected chi connectivity index (χ3v) is 8.76. The third-order valence-electron chi connectivity index (χ3n) is 6.97. The van der Waals surface area contributed by atoms with Crippen molar-refractivity contribution in [2.75, 3.05) is 6.54 Å². The van der Waals surface area contributed by atoms with Crippen LogP contribution in [0.25, 0.3) is 22.2 Å². The minimum absolute atomic E-state index is 0.205. The van der Waals surface area contributed by atoms with E-state index in [1.807, 2.05) is 30.0 Å². The monoisotopic (exact) mass is 547 g/mol. The lowest BCUT2D eigenvalue weighted by Crippen LogP contribution is -2.38. The number of carbonyl (C=O) groups excluding carboxylic acids is 1. The maximum Gasteiger partial charge on any atom is 0.325 e. The van der Waals surface area contributed by atoms with Gasteiger partial charge in [-0.1, -0.05) is 49.4 Å². The molecular weight excluding hydrogens is 517 g/mol. The second kappa shape index (κ2) is 11.6. The molecular formula is C30H30FN3O4S. The SMILES string of the molecule is CCCC(F)OC(=O)[C@H]1CCCN1Cc1ccc2c(-c3ccc(S(=O)(=O)c4ccccc4)cc3)ncnc2c1. The number of ether oxygens (including phenoxy) is 1. The number of benzene rings is 3. The van der Waals surface area contributed by atoms with Crippen molar-refractivity contribution in [2.45, 2.75) is 61.3 Å². The minimum Gasteiger partial charge on any atom is -0.430 e. The molecule has 0 bridgehead atoms. The molecule has 5 rings (SSSR count). The van der Waals surface area contributed by atoms with E-state index in [2.05, 4.69) is 9.97 Å². The average Bonchev–Trinajstić information content (AvgIpc) is 3.41. The Kier molecular flexibility index (Phi) is 7.99. The van der Waals surface area contributed by atoms with Gasteiger partial charge < -0.3 is 4.74 Å². The van der Waals surface area contributed by atoms with E-state index in [0.717, 1.165) is 35.0 Å². The highest BCUT2D eigenvalue weighted by Gasteiger charge is 2.33. The normalized spacial score (nSPS) is 16.8. The summed E-state index contributed by atoms with van der Waals surface area (Å²) in [4.78, 5) is 24.0. The number of hydrogen-bond acceptors (Lipinski definition) is 7. The van der Waals surface area contributed by atoms with Gasteiger partial charge in [0, 0.05) is 23.9 Å². The van der Waals surface area contributed by atoms with E-state index >= 15 is 0 Å². The summed E-state index contributed by atoms with van der Waals surface area (Å²) >= 11 is 0. The molecule has 0 spiro atoms. The van der Waals surface area contributed by atoms with E-state index in [9.17, 15) is 17.6 Å². The molecule has 1 unspecified atom stereocenters. The lowest BCUT2D eigenvalue weighted by Gasteiger charge is -2.24. The summed E-state index contributed by atoms with van der Waals surface area (Å²) in [5, 5.41) is 0.831. The molecule has 1 aliphatic heterocycles. The van der Waals surface area contributed by atoms with E-state index in [1.54, 1.807) is 54.6 Å². The van der Waals surface area contributed by atoms with Gasteiger partial charge in [0.2, 0.25) is 16.2 Å². The van der Waals surface area contributed by atoms with Crippen LogP contribution in [0.15, 0.2) is 88.9 Å². The molecule has 1 aliphatic rings. The van der Waals surface area contributed by atoms with Crippen LogP contribution in [0, 0.1) is 0 Å². The third kappa shape index (κ3) is 5.84. The van der Waals surface area contributed by atoms with Gasteiger partial charge in [-0.2, -0.15) is 0 Å². The minimum atomic E-state index is -3.61. The highest BCUT2D eigenvalue weighted by molar-refractivity contribution is 7.91. The quantitative estimate of drug-likeness (QED) is 0.247. The van der Waals surface area contributed by atoms with Crippen LogP contribution >= 0.6 is 0 Å². The molecule has 2 atom stereocenters. The number of alkyl halides is 1. The molecule has 0 amide bonds. The molecule has 0 N–H and O–H groups in total. The highest BCUT2D eigenvalue weighted by atomic mass is 32.2. The molecule has 3 aromatic carbocycles. The zero-order chi connectivity index (χ0) is 27.4. The van der Waals surface area contributed by atoms with Crippen LogP contribution in [0.3, 0.4) is 0 Å². The predicted molar refractivity (Wildman–Crippen MR) is 146 cm³/mol. The van der Waals surface area contributed by atoms with Gasteiger partial charge in [0.15, 0.2) is 0 Å². The zero-order valence-corrected chi connectivity index (χ0v) is 22.5. The second-order valence-electron chi connectivity index (χ2n) is 9.68. The van der Waals surface area contributed by atoms with E-state index in [4.69, 9.17) is 4.74 Å². The van der Waals surface area contributed by atoms with Gasteiger partial charge >= 0.3 is 5.97 Å². The molecule has 7 nitrogen and oxygen atoms in total. The molecule has 1 saturated heterocycles. The van der Waals surface area contributed by atoms with E-state index in [-0.39, 0.29) is 16.2 Å². The van der Waals surface area contributed by atoms with Gasteiger partial charge in [-0.15, -0.1) is 0 Å². The standard InChI is InChI=1S/C30H30FN3O4S/c1-2-7-28(31)38-30(35)27-10-6-17-34(27)19-21-11-16-25-26(18-21)32-20-33-29(25)22-12-14-24(15-13-22)39(36,37)23-8-4-3-5-9-23/h3-5,8-9,11-16,18,20,27-28H,2,6-7,10,17,19H2,1H3/t27-,28?/m1/s1. The Hall–Kier alpha value is -3.69. The van der Waals surface area contributed by atoms with Crippen molar-refractivity contribution in [3.05, 3.63) is 84.7 Å². The van der Waals surface area contributed by atoms with Crippen molar-refractivity contribution in [1.29, 1.82) is 0 Å². The summed E-state index contributed by atoms with van der Waals surface area (Å²) < 4.78 is 44.8. The maximum absolute atomic E-state index is 13.9. The topological polar surface area (TPSA) is 89.5 Å². The highest BCUT2D eigenvalue weighted by Crippen LogP contribution is 2.30. The molecule has 39 heavy (non-hydrogen) atoms. The van der Waals surface area contributed by atoms with Gasteiger partial charge in [0.1, 0.15) is 12.4 Å². The fourth-order valence-electron chi connectivity index (χ4n) is 4.97. The van der Waals surface area contributed by atoms with E-state index < -0.39 is 28.2 Å². The largest absolute Gasteiger partial charge is 0.430 e. The Morgan fingerprint density at radius 1 is 1.05 bits per heavy atom. The summed E-state index contributed by atoms with van der Waals surface area (Å²) in [5.74, 6) is -0.503. The van der Waals surface area contributed by atoms with Crippen molar-refractivity contribution in [3.63, 3.8) is 0 Å². The number of esters is 1. The van der Waals surface area contributed by atoms with Crippen LogP contribution in [0.2, 0.25) is 0 Å². The number of sulfone groups is 1. The van der Waals surface area contributed by atoms with Crippen molar-refractivity contribution in [3.8, 4) is 11.3 Å². The van der Waals surface area contributed by atoms with E-state index in [0.29, 0.717) is 25.1 Å². The summed E-state index contributed by atoms with van der Waals surface area (Å²) in [5.41, 5.74) is 3.19. The Labute approximate surface area is 227 Å². The lowest BCUT2D eigenvalue weighted by molar-refractivity contribution is -0.164. The average molecular weight is 548 g/mol. The van der Waals surface area contributed by atoms with Crippen molar-refractivity contribution >= 4 is 26.7 Å². The molecule has 9 heteroatoms. The molecule has 202 valence electrons. The number of aromatic nitrogens is 2. The summed E-state index contributed by atoms with van der Waals surface area (Å²) in [7, 11) is -3.61. The van der Waals surface area contributed by atoms with Gasteiger partial charge in [-0.25, -0.2) is 22.8 Å². The van der Waals surface area contributed by atoms with Crippen molar-refractivity contribution in [2.24, 2.45) is 0 Å². The fourth-order valence-corrected chi connectivity index (χ4v) is 6.25. The second-order valence-corrected chi connectivity index (χ2v) is 11.6. The first-order chi connectivity index (χ1) is 18.9. The summed E-state index contributed by atoms with van der Waals surface area (Å²) in [6.07, 6.45) is 2.24. The predicted octanol–water partition coefficient (Wildman–Crippen LogP) is 5.73. The van der Waals surface area contributed by atoms with Crippen LogP contribution in [0.1, 0.15) is 38.2 Å². The van der Waals surface area contributed by atoms with Crippen LogP contribution in [-0.4, -0.2) is 48.2 Å². The number of halogens is 1. The van der Waals surface area contributed by atoms with Crippen molar-refractivity contribution in [1.82, 2.24) is 14.9 Å². The lowest BCUT2D eigenvalue weighted by atomic mass is 10.0. The van der Waals surface area contributed by atoms with Crippen LogP contribution in [-0.2, 0) is 25.9 Å². The number of likely N-dealkylation sites (tertiary alicyclic amines) is 1. The molecule has 0 saturated carbocycles. The van der Waals surface area contributed by atoms with Gasteiger partial charge in [-0.05, 0) is 61.7 Å². The van der Waals surface area contributed by atoms with E-state index in [1.165, 1.54) is 6.33 Å². The first-order valence-electron chi connectivity index (χ1n) is 13.1. The molecule has 1 aromatic heterocycles. The zero-order valence-electron chi connectivity index (χ0n) is 21.7. The molecule has 1 fully saturated rings. The number of fused-ring (bicyclic) bond motifs is 1. The molecule has 0 aliphatic carbocycles. The summed E-state index contributed by atoms with van der Waals surface area (Å²) in [6.45, 7) is 3.10. The van der Waals surface area contributed by atoms with Crippen LogP contribution < -0.4 is 0 Å². The van der Waals surface area contributed by atoms with Crippen LogP contribution in [0.4, 0.5) is 4.39 Å². The Morgan fingerprint density at radius 2 is 1.79 bits per heavy atom. The first kappa shape index (κ1) is 26.9. The molecule has 4 aromatic rings. The summed E-state index contributed by atoms with van der Waals surface area (Å²) in [6, 6.07) is 20.4. The van der Waals surface area contributed by atoms with Gasteiger partial charge in [0.25, 0.3) is 0 Å². The van der Waals surface area contributed by atoms with Gasteiger partial charge in [0.05, 0.1) is 21.0 Å². The Balaban J connectivity index is 1.35. The Bertz CT molecular complexity index is 1560. The maximum atomic E-state index is 13.9. The number of hydrogen-bond donors (Lipinski definition) is 0. The molecule has 2 heterocycles. The van der Waals surface area contributed by atoms with Gasteiger partial charge in [-0.3, -0.25) is 9.69 Å². The van der Waals surface area contributed by atoms with Crippen LogP contribution in [0.5, 0.6) is 0 Å². The smallest absolute Gasteiger partial charge is 0.325 e.